The molecule has 2 heteroatoms. The zero-order valence-electron chi connectivity index (χ0n) is 12.6. The topological polar surface area (TPSA) is 9.23 Å². The first-order valence-corrected chi connectivity index (χ1v) is 8.60. The molecule has 0 fully saturated rings. The van der Waals surface area contributed by atoms with Gasteiger partial charge < -0.3 is 4.74 Å². The summed E-state index contributed by atoms with van der Waals surface area (Å²) >= 11 is 0. The number of fused-ring (bicyclic) bond motifs is 1. The van der Waals surface area contributed by atoms with Gasteiger partial charge in [-0.3, -0.25) is 0 Å². The third-order valence-corrected chi connectivity index (χ3v) is 6.87. The fraction of sp³-hybridized carbons (Fsp3) is 0.333. The number of ether oxygens (including phenoxy) is 1. The van der Waals surface area contributed by atoms with Gasteiger partial charge in [-0.1, -0.05) is 57.2 Å². The van der Waals surface area contributed by atoms with E-state index in [9.17, 15) is 0 Å². The van der Waals surface area contributed by atoms with E-state index in [1.165, 1.54) is 22.0 Å². The predicted molar refractivity (Wildman–Crippen MR) is 88.4 cm³/mol. The lowest BCUT2D eigenvalue weighted by Gasteiger charge is -2.27. The van der Waals surface area contributed by atoms with Gasteiger partial charge in [0.25, 0.3) is 0 Å². The molecule has 1 aliphatic rings. The highest BCUT2D eigenvalue weighted by Crippen LogP contribution is 2.55. The maximum atomic E-state index is 5.97. The van der Waals surface area contributed by atoms with Crippen molar-refractivity contribution in [3.8, 4) is 16.9 Å². The van der Waals surface area contributed by atoms with Crippen molar-refractivity contribution < 1.29 is 4.74 Å². The summed E-state index contributed by atoms with van der Waals surface area (Å²) in [4.78, 5) is 0. The lowest BCUT2D eigenvalue weighted by molar-refractivity contribution is 0.400. The van der Waals surface area contributed by atoms with E-state index in [1.54, 1.807) is 0 Å². The summed E-state index contributed by atoms with van der Waals surface area (Å²) in [5, 5.41) is 1.73. The number of rotatable bonds is 1. The van der Waals surface area contributed by atoms with Gasteiger partial charge in [-0.15, -0.1) is 0 Å². The second-order valence-corrected chi connectivity index (χ2v) is 9.24. The summed E-state index contributed by atoms with van der Waals surface area (Å²) in [5.74, 6) is 1.09. The number of hydrogen-bond acceptors (Lipinski definition) is 1. The van der Waals surface area contributed by atoms with Gasteiger partial charge >= 0.3 is 0 Å². The van der Waals surface area contributed by atoms with Crippen LogP contribution in [0.3, 0.4) is 0 Å². The highest BCUT2D eigenvalue weighted by atomic mass is 31.1. The maximum absolute atomic E-state index is 5.97. The molecule has 0 unspecified atom stereocenters. The van der Waals surface area contributed by atoms with E-state index >= 15 is 0 Å². The molecule has 104 valence electrons. The standard InChI is InChI=1S/C18H21OP/c1-13-8-5-6-9-14(13)15-10-7-11-16-17(15)20(12-19-16)18(2,3)4/h5-11H,12H2,1-4H3/t20-/m0/s1. The zero-order valence-corrected chi connectivity index (χ0v) is 13.5. The Hall–Kier alpha value is -1.33. The van der Waals surface area contributed by atoms with Crippen molar-refractivity contribution in [3.63, 3.8) is 0 Å². The van der Waals surface area contributed by atoms with Gasteiger partial charge in [-0.2, -0.15) is 0 Å². The van der Waals surface area contributed by atoms with Crippen LogP contribution in [0.5, 0.6) is 5.75 Å². The number of benzene rings is 2. The Kier molecular flexibility index (Phi) is 3.34. The minimum atomic E-state index is -0.281. The van der Waals surface area contributed by atoms with Gasteiger partial charge in [0.2, 0.25) is 0 Å². The Morgan fingerprint density at radius 3 is 2.35 bits per heavy atom. The van der Waals surface area contributed by atoms with Crippen molar-refractivity contribution in [1.82, 2.24) is 0 Å². The van der Waals surface area contributed by atoms with Gasteiger partial charge in [0, 0.05) is 5.30 Å². The second-order valence-electron chi connectivity index (χ2n) is 6.34. The third kappa shape index (κ3) is 2.25. The molecule has 0 N–H and O–H groups in total. The molecule has 1 atom stereocenters. The fourth-order valence-corrected chi connectivity index (χ4v) is 5.08. The molecule has 0 saturated heterocycles. The molecule has 0 spiro atoms. The molecular weight excluding hydrogens is 263 g/mol. The van der Waals surface area contributed by atoms with E-state index in [-0.39, 0.29) is 13.1 Å². The average molecular weight is 284 g/mol. The minimum absolute atomic E-state index is 0.277. The van der Waals surface area contributed by atoms with Crippen molar-refractivity contribution >= 4 is 13.2 Å². The number of hydrogen-bond donors (Lipinski definition) is 0. The predicted octanol–water partition coefficient (Wildman–Crippen LogP) is 4.92. The van der Waals surface area contributed by atoms with Crippen molar-refractivity contribution in [3.05, 3.63) is 48.0 Å². The first-order chi connectivity index (χ1) is 9.48. The normalized spacial score (nSPS) is 17.7. The second kappa shape index (κ2) is 4.90. The van der Waals surface area contributed by atoms with Crippen LogP contribution < -0.4 is 10.0 Å². The molecule has 3 rings (SSSR count). The molecule has 2 aromatic carbocycles. The van der Waals surface area contributed by atoms with Crippen LogP contribution in [-0.2, 0) is 0 Å². The van der Waals surface area contributed by atoms with E-state index in [1.807, 2.05) is 0 Å². The van der Waals surface area contributed by atoms with Crippen molar-refractivity contribution in [2.45, 2.75) is 32.9 Å². The van der Waals surface area contributed by atoms with Crippen molar-refractivity contribution in [2.75, 3.05) is 6.35 Å². The Labute approximate surface area is 122 Å². The van der Waals surface area contributed by atoms with Gasteiger partial charge in [0.05, 0.1) is 0 Å². The smallest absolute Gasteiger partial charge is 0.128 e. The third-order valence-electron chi connectivity index (χ3n) is 3.86. The molecular formula is C18H21OP. The summed E-state index contributed by atoms with van der Waals surface area (Å²) in [6.45, 7) is 9.16. The minimum Gasteiger partial charge on any atom is -0.488 e. The summed E-state index contributed by atoms with van der Waals surface area (Å²) < 4.78 is 5.97. The van der Waals surface area contributed by atoms with Crippen LogP contribution >= 0.6 is 7.92 Å². The van der Waals surface area contributed by atoms with Crippen LogP contribution in [-0.4, -0.2) is 11.5 Å². The molecule has 20 heavy (non-hydrogen) atoms. The van der Waals surface area contributed by atoms with Gasteiger partial charge in [0.15, 0.2) is 0 Å². The quantitative estimate of drug-likeness (QED) is 0.675. The first-order valence-electron chi connectivity index (χ1n) is 7.08. The molecule has 0 amide bonds. The summed E-state index contributed by atoms with van der Waals surface area (Å²) in [6.07, 6.45) is 0.858. The highest BCUT2D eigenvalue weighted by Gasteiger charge is 2.35. The molecule has 0 bridgehead atoms. The molecule has 0 aliphatic carbocycles. The SMILES string of the molecule is Cc1ccccc1-c1cccc2c1[P@@](C(C)(C)C)CO2. The van der Waals surface area contributed by atoms with Gasteiger partial charge in [-0.05, 0) is 42.8 Å². The lowest BCUT2D eigenvalue weighted by atomic mass is 10.0. The fourth-order valence-electron chi connectivity index (χ4n) is 2.74. The van der Waals surface area contributed by atoms with E-state index in [0.29, 0.717) is 0 Å². The average Bonchev–Trinajstić information content (AvgIpc) is 2.83. The lowest BCUT2D eigenvalue weighted by Crippen LogP contribution is -2.19. The highest BCUT2D eigenvalue weighted by molar-refractivity contribution is 7.67. The van der Waals surface area contributed by atoms with Crippen LogP contribution in [0.2, 0.25) is 0 Å². The maximum Gasteiger partial charge on any atom is 0.128 e. The van der Waals surface area contributed by atoms with E-state index in [0.717, 1.165) is 12.1 Å². The Morgan fingerprint density at radius 1 is 0.950 bits per heavy atom. The zero-order chi connectivity index (χ0) is 14.3. The van der Waals surface area contributed by atoms with E-state index in [2.05, 4.69) is 70.2 Å². The summed E-state index contributed by atoms with van der Waals surface area (Å²) in [6, 6.07) is 15.1. The van der Waals surface area contributed by atoms with Gasteiger partial charge in [0.1, 0.15) is 12.1 Å². The Bertz CT molecular complexity index is 640. The summed E-state index contributed by atoms with van der Waals surface area (Å²) in [7, 11) is -0.281. The van der Waals surface area contributed by atoms with Crippen molar-refractivity contribution in [1.29, 1.82) is 0 Å². The Balaban J connectivity index is 2.21. The molecule has 1 heterocycles. The molecule has 1 nitrogen and oxygen atoms in total. The van der Waals surface area contributed by atoms with Crippen LogP contribution in [0.4, 0.5) is 0 Å². The van der Waals surface area contributed by atoms with Gasteiger partial charge in [-0.25, -0.2) is 0 Å². The largest absolute Gasteiger partial charge is 0.488 e. The summed E-state index contributed by atoms with van der Waals surface area (Å²) in [5.41, 5.74) is 4.03. The Morgan fingerprint density at radius 2 is 1.65 bits per heavy atom. The van der Waals surface area contributed by atoms with Crippen molar-refractivity contribution in [2.24, 2.45) is 0 Å². The van der Waals surface area contributed by atoms with E-state index in [4.69, 9.17) is 4.74 Å². The number of aryl methyl sites for hydroxylation is 1. The van der Waals surface area contributed by atoms with Crippen LogP contribution in [0.1, 0.15) is 26.3 Å². The first kappa shape index (κ1) is 13.6. The molecule has 0 saturated carbocycles. The molecule has 2 aromatic rings. The monoisotopic (exact) mass is 284 g/mol. The van der Waals surface area contributed by atoms with Crippen LogP contribution in [0.15, 0.2) is 42.5 Å². The van der Waals surface area contributed by atoms with E-state index < -0.39 is 0 Å². The molecule has 0 aromatic heterocycles. The van der Waals surface area contributed by atoms with Crippen LogP contribution in [0, 0.1) is 6.92 Å². The molecule has 0 radical (unpaired) electrons. The van der Waals surface area contributed by atoms with Crippen LogP contribution in [0.25, 0.3) is 11.1 Å². The molecule has 1 aliphatic heterocycles.